The molecule has 1 atom stereocenters. The summed E-state index contributed by atoms with van der Waals surface area (Å²) >= 11 is 3.19. The van der Waals surface area contributed by atoms with Gasteiger partial charge in [-0.15, -0.1) is 0 Å². The summed E-state index contributed by atoms with van der Waals surface area (Å²) in [6, 6.07) is 8.30. The molecule has 1 aromatic rings. The standard InChI is InChI=1S/C11H12BrFO2/c12-7-4-8-15-11(13)10(14)9-5-2-1-3-6-9/h1-3,5-6,11H,4,7-8H2. The quantitative estimate of drug-likeness (QED) is 0.453. The van der Waals surface area contributed by atoms with E-state index in [1.807, 2.05) is 0 Å². The molecule has 0 amide bonds. The zero-order valence-electron chi connectivity index (χ0n) is 8.16. The number of halogens is 2. The molecular weight excluding hydrogens is 263 g/mol. The number of hydrogen-bond donors (Lipinski definition) is 0. The van der Waals surface area contributed by atoms with Gasteiger partial charge >= 0.3 is 0 Å². The van der Waals surface area contributed by atoms with Crippen molar-refractivity contribution in [2.24, 2.45) is 0 Å². The van der Waals surface area contributed by atoms with Crippen LogP contribution in [0, 0.1) is 0 Å². The highest BCUT2D eigenvalue weighted by Crippen LogP contribution is 2.07. The molecule has 1 unspecified atom stereocenters. The van der Waals surface area contributed by atoms with E-state index in [0.29, 0.717) is 12.0 Å². The third kappa shape index (κ3) is 4.10. The monoisotopic (exact) mass is 274 g/mol. The Morgan fingerprint density at radius 2 is 2.07 bits per heavy atom. The first-order chi connectivity index (χ1) is 7.25. The topological polar surface area (TPSA) is 26.3 Å². The fourth-order valence-electron chi connectivity index (χ4n) is 1.05. The van der Waals surface area contributed by atoms with E-state index in [9.17, 15) is 9.18 Å². The van der Waals surface area contributed by atoms with Crippen LogP contribution in [0.4, 0.5) is 4.39 Å². The summed E-state index contributed by atoms with van der Waals surface area (Å²) in [5.41, 5.74) is 0.337. The first kappa shape index (κ1) is 12.3. The summed E-state index contributed by atoms with van der Waals surface area (Å²) in [6.07, 6.45) is -1.17. The third-order valence-electron chi connectivity index (χ3n) is 1.81. The molecule has 0 aliphatic heterocycles. The molecule has 1 rings (SSSR count). The number of ether oxygens (including phenoxy) is 1. The number of rotatable bonds is 6. The van der Waals surface area contributed by atoms with E-state index in [1.54, 1.807) is 30.3 Å². The van der Waals surface area contributed by atoms with Gasteiger partial charge in [0.15, 0.2) is 0 Å². The van der Waals surface area contributed by atoms with Crippen molar-refractivity contribution in [2.75, 3.05) is 11.9 Å². The molecule has 0 aromatic heterocycles. The Morgan fingerprint density at radius 3 is 2.67 bits per heavy atom. The summed E-state index contributed by atoms with van der Waals surface area (Å²) in [5.74, 6) is -0.620. The number of alkyl halides is 2. The van der Waals surface area contributed by atoms with E-state index >= 15 is 0 Å². The number of benzene rings is 1. The maximum atomic E-state index is 13.2. The first-order valence-electron chi connectivity index (χ1n) is 4.66. The van der Waals surface area contributed by atoms with Crippen LogP contribution in [0.1, 0.15) is 16.8 Å². The van der Waals surface area contributed by atoms with Crippen LogP contribution in [0.5, 0.6) is 0 Å². The Hall–Kier alpha value is -0.740. The lowest BCUT2D eigenvalue weighted by Crippen LogP contribution is -2.20. The number of hydrogen-bond acceptors (Lipinski definition) is 2. The van der Waals surface area contributed by atoms with Crippen LogP contribution in [-0.4, -0.2) is 24.1 Å². The summed E-state index contributed by atoms with van der Waals surface area (Å²) in [5, 5.41) is 0.735. The van der Waals surface area contributed by atoms with Crippen LogP contribution in [-0.2, 0) is 4.74 Å². The molecule has 1 aromatic carbocycles. The van der Waals surface area contributed by atoms with Crippen molar-refractivity contribution in [3.05, 3.63) is 35.9 Å². The third-order valence-corrected chi connectivity index (χ3v) is 2.37. The molecule has 0 radical (unpaired) electrons. The van der Waals surface area contributed by atoms with Gasteiger partial charge in [0.05, 0.1) is 6.61 Å². The first-order valence-corrected chi connectivity index (χ1v) is 5.78. The molecule has 0 spiro atoms. The van der Waals surface area contributed by atoms with Crippen molar-refractivity contribution in [2.45, 2.75) is 12.8 Å². The highest BCUT2D eigenvalue weighted by Gasteiger charge is 2.18. The normalized spacial score (nSPS) is 12.4. The molecule has 0 N–H and O–H groups in total. The SMILES string of the molecule is O=C(c1ccccc1)C(F)OCCCBr. The van der Waals surface area contributed by atoms with Crippen molar-refractivity contribution in [3.63, 3.8) is 0 Å². The van der Waals surface area contributed by atoms with Gasteiger partial charge in [-0.25, -0.2) is 4.39 Å². The second-order valence-electron chi connectivity index (χ2n) is 2.96. The van der Waals surface area contributed by atoms with Crippen LogP contribution in [0.25, 0.3) is 0 Å². The molecule has 0 aliphatic rings. The summed E-state index contributed by atoms with van der Waals surface area (Å²) in [6.45, 7) is 0.241. The summed E-state index contributed by atoms with van der Waals surface area (Å²) in [7, 11) is 0. The molecule has 0 aliphatic carbocycles. The van der Waals surface area contributed by atoms with Gasteiger partial charge in [0.1, 0.15) is 0 Å². The molecule has 82 valence electrons. The van der Waals surface area contributed by atoms with Crippen LogP contribution < -0.4 is 0 Å². The second kappa shape index (κ2) is 6.69. The molecule has 0 saturated carbocycles. The highest BCUT2D eigenvalue weighted by molar-refractivity contribution is 9.09. The van der Waals surface area contributed by atoms with Crippen molar-refractivity contribution < 1.29 is 13.9 Å². The molecule has 0 fully saturated rings. The Labute approximate surface area is 96.6 Å². The smallest absolute Gasteiger partial charge is 0.262 e. The average molecular weight is 275 g/mol. The Bertz CT molecular complexity index is 303. The minimum absolute atomic E-state index is 0.241. The van der Waals surface area contributed by atoms with Gasteiger partial charge in [-0.2, -0.15) is 0 Å². The van der Waals surface area contributed by atoms with Gasteiger partial charge in [-0.1, -0.05) is 46.3 Å². The van der Waals surface area contributed by atoms with Gasteiger partial charge in [0.2, 0.25) is 5.78 Å². The van der Waals surface area contributed by atoms with Gasteiger partial charge in [-0.3, -0.25) is 4.79 Å². The van der Waals surface area contributed by atoms with E-state index in [1.165, 1.54) is 0 Å². The molecule has 0 bridgehead atoms. The van der Waals surface area contributed by atoms with Crippen molar-refractivity contribution in [1.29, 1.82) is 0 Å². The molecule has 0 saturated heterocycles. The molecule has 2 nitrogen and oxygen atoms in total. The minimum Gasteiger partial charge on any atom is -0.342 e. The van der Waals surface area contributed by atoms with Gasteiger partial charge < -0.3 is 4.74 Å². The van der Waals surface area contributed by atoms with E-state index in [0.717, 1.165) is 5.33 Å². The van der Waals surface area contributed by atoms with E-state index in [4.69, 9.17) is 4.74 Å². The average Bonchev–Trinajstić information content (AvgIpc) is 2.29. The number of carbonyl (C=O) groups excluding carboxylic acids is 1. The van der Waals surface area contributed by atoms with Gasteiger partial charge in [0, 0.05) is 10.9 Å². The predicted octanol–water partition coefficient (Wildman–Crippen LogP) is 2.97. The fourth-order valence-corrected chi connectivity index (χ4v) is 1.28. The van der Waals surface area contributed by atoms with Crippen LogP contribution in [0.15, 0.2) is 30.3 Å². The molecule has 4 heteroatoms. The Morgan fingerprint density at radius 1 is 1.40 bits per heavy atom. The van der Waals surface area contributed by atoms with Crippen LogP contribution in [0.3, 0.4) is 0 Å². The van der Waals surface area contributed by atoms with Crippen molar-refractivity contribution >= 4 is 21.7 Å². The van der Waals surface area contributed by atoms with Crippen LogP contribution >= 0.6 is 15.9 Å². The maximum absolute atomic E-state index is 13.2. The largest absolute Gasteiger partial charge is 0.342 e. The molecular formula is C11H12BrFO2. The minimum atomic E-state index is -1.86. The van der Waals surface area contributed by atoms with Crippen molar-refractivity contribution in [3.8, 4) is 0 Å². The van der Waals surface area contributed by atoms with Crippen LogP contribution in [0.2, 0.25) is 0 Å². The molecule has 15 heavy (non-hydrogen) atoms. The van der Waals surface area contributed by atoms with E-state index < -0.39 is 12.1 Å². The summed E-state index contributed by atoms with van der Waals surface area (Å²) in [4.78, 5) is 11.4. The number of ketones is 1. The number of Topliss-reactive ketones (excluding diaryl/α,β-unsaturated/α-hetero) is 1. The van der Waals surface area contributed by atoms with E-state index in [2.05, 4.69) is 15.9 Å². The zero-order chi connectivity index (χ0) is 11.1. The van der Waals surface area contributed by atoms with Gasteiger partial charge in [-0.05, 0) is 6.42 Å². The highest BCUT2D eigenvalue weighted by atomic mass is 79.9. The fraction of sp³-hybridized carbons (Fsp3) is 0.364. The zero-order valence-corrected chi connectivity index (χ0v) is 9.74. The maximum Gasteiger partial charge on any atom is 0.262 e. The molecule has 0 heterocycles. The van der Waals surface area contributed by atoms with Crippen molar-refractivity contribution in [1.82, 2.24) is 0 Å². The summed E-state index contributed by atoms with van der Waals surface area (Å²) < 4.78 is 18.0. The lowest BCUT2D eigenvalue weighted by molar-refractivity contribution is -0.0202. The second-order valence-corrected chi connectivity index (χ2v) is 3.75. The Balaban J connectivity index is 2.46. The lowest BCUT2D eigenvalue weighted by atomic mass is 10.1. The number of carbonyl (C=O) groups is 1. The van der Waals surface area contributed by atoms with E-state index in [-0.39, 0.29) is 6.61 Å². The lowest BCUT2D eigenvalue weighted by Gasteiger charge is -2.07. The Kier molecular flexibility index (Phi) is 5.50. The van der Waals surface area contributed by atoms with Gasteiger partial charge in [0.25, 0.3) is 6.36 Å². The predicted molar refractivity (Wildman–Crippen MR) is 60.0 cm³/mol.